The van der Waals surface area contributed by atoms with Gasteiger partial charge in [-0.15, -0.1) is 0 Å². The van der Waals surface area contributed by atoms with Crippen LogP contribution in [-0.4, -0.2) is 33.8 Å². The molecule has 1 N–H and O–H groups in total. The third-order valence-corrected chi connectivity index (χ3v) is 5.59. The number of amides is 1. The van der Waals surface area contributed by atoms with Gasteiger partial charge in [0.2, 0.25) is 0 Å². The molecule has 1 aliphatic heterocycles. The predicted molar refractivity (Wildman–Crippen MR) is 104 cm³/mol. The normalized spacial score (nSPS) is 15.4. The zero-order valence-corrected chi connectivity index (χ0v) is 15.4. The highest BCUT2D eigenvalue weighted by molar-refractivity contribution is 5.88. The quantitative estimate of drug-likeness (QED) is 0.693. The van der Waals surface area contributed by atoms with Gasteiger partial charge in [-0.3, -0.25) is 0 Å². The number of piperidine rings is 1. The standard InChI is InChI=1S/C22H23FN2O2/c1-2-19-21(15-10-12-24(13-11-15)22(26)27)18-9-8-16(23)14-20(18)25(19)17-6-4-3-5-7-17/h3-9,14-15H,2,10-13H2,1H3,(H,26,27). The van der Waals surface area contributed by atoms with Crippen LogP contribution in [0.15, 0.2) is 48.5 Å². The molecule has 1 aliphatic rings. The summed E-state index contributed by atoms with van der Waals surface area (Å²) < 4.78 is 16.2. The van der Waals surface area contributed by atoms with E-state index in [9.17, 15) is 14.3 Å². The predicted octanol–water partition coefficient (Wildman–Crippen LogP) is 5.19. The van der Waals surface area contributed by atoms with Crippen molar-refractivity contribution in [3.63, 3.8) is 0 Å². The highest BCUT2D eigenvalue weighted by Gasteiger charge is 2.29. The molecule has 0 bridgehead atoms. The SMILES string of the molecule is CCc1c(C2CCN(C(=O)O)CC2)c2ccc(F)cc2n1-c1ccccc1. The molecule has 0 saturated carbocycles. The van der Waals surface area contributed by atoms with Crippen LogP contribution < -0.4 is 0 Å². The molecule has 0 radical (unpaired) electrons. The number of likely N-dealkylation sites (tertiary alicyclic amines) is 1. The van der Waals surface area contributed by atoms with Crippen molar-refractivity contribution in [2.45, 2.75) is 32.1 Å². The van der Waals surface area contributed by atoms with Gasteiger partial charge in [0, 0.05) is 29.9 Å². The summed E-state index contributed by atoms with van der Waals surface area (Å²) in [5.41, 5.74) is 4.35. The number of hydrogen-bond acceptors (Lipinski definition) is 1. The summed E-state index contributed by atoms with van der Waals surface area (Å²) in [5.74, 6) is 0.0422. The number of halogens is 1. The maximum absolute atomic E-state index is 14.1. The van der Waals surface area contributed by atoms with Gasteiger partial charge in [0.1, 0.15) is 5.82 Å². The van der Waals surface area contributed by atoms with Gasteiger partial charge < -0.3 is 14.6 Å². The first-order chi connectivity index (χ1) is 13.1. The Morgan fingerprint density at radius 1 is 1.15 bits per heavy atom. The van der Waals surface area contributed by atoms with Crippen molar-refractivity contribution < 1.29 is 14.3 Å². The molecule has 0 unspecified atom stereocenters. The van der Waals surface area contributed by atoms with Crippen molar-refractivity contribution in [3.05, 3.63) is 65.6 Å². The van der Waals surface area contributed by atoms with E-state index in [1.54, 1.807) is 6.07 Å². The molecule has 1 saturated heterocycles. The molecule has 140 valence electrons. The van der Waals surface area contributed by atoms with E-state index in [0.29, 0.717) is 13.1 Å². The Balaban J connectivity index is 1.87. The highest BCUT2D eigenvalue weighted by atomic mass is 19.1. The van der Waals surface area contributed by atoms with Crippen LogP contribution >= 0.6 is 0 Å². The van der Waals surface area contributed by atoms with E-state index in [4.69, 9.17) is 0 Å². The van der Waals surface area contributed by atoms with Gasteiger partial charge in [0.15, 0.2) is 0 Å². The number of rotatable bonds is 3. The summed E-state index contributed by atoms with van der Waals surface area (Å²) in [5, 5.41) is 10.3. The molecule has 3 aromatic rings. The number of aromatic nitrogens is 1. The molecule has 1 amide bonds. The van der Waals surface area contributed by atoms with Crippen molar-refractivity contribution in [2.24, 2.45) is 0 Å². The van der Waals surface area contributed by atoms with Gasteiger partial charge in [-0.05, 0) is 61.1 Å². The Bertz CT molecular complexity index is 973. The monoisotopic (exact) mass is 366 g/mol. The number of carboxylic acid groups (broad SMARTS) is 1. The largest absolute Gasteiger partial charge is 0.465 e. The lowest BCUT2D eigenvalue weighted by Crippen LogP contribution is -2.36. The summed E-state index contributed by atoms with van der Waals surface area (Å²) in [7, 11) is 0. The van der Waals surface area contributed by atoms with Gasteiger partial charge >= 0.3 is 6.09 Å². The minimum atomic E-state index is -0.849. The van der Waals surface area contributed by atoms with Crippen molar-refractivity contribution in [3.8, 4) is 5.69 Å². The van der Waals surface area contributed by atoms with Crippen LogP contribution in [0.5, 0.6) is 0 Å². The van der Waals surface area contributed by atoms with Crippen LogP contribution in [0.25, 0.3) is 16.6 Å². The summed E-state index contributed by atoms with van der Waals surface area (Å²) >= 11 is 0. The van der Waals surface area contributed by atoms with Gasteiger partial charge in [-0.1, -0.05) is 25.1 Å². The molecular formula is C22H23FN2O2. The van der Waals surface area contributed by atoms with E-state index < -0.39 is 6.09 Å². The number of benzene rings is 2. The van der Waals surface area contributed by atoms with Crippen molar-refractivity contribution in [1.29, 1.82) is 0 Å². The van der Waals surface area contributed by atoms with Crippen LogP contribution in [0.1, 0.15) is 36.9 Å². The van der Waals surface area contributed by atoms with E-state index in [1.165, 1.54) is 22.2 Å². The fraction of sp³-hybridized carbons (Fsp3) is 0.318. The molecule has 0 aliphatic carbocycles. The number of nitrogens with zero attached hydrogens (tertiary/aromatic N) is 2. The fourth-order valence-corrected chi connectivity index (χ4v) is 4.37. The zero-order chi connectivity index (χ0) is 19.0. The van der Waals surface area contributed by atoms with Gasteiger partial charge in [0.05, 0.1) is 5.52 Å². The smallest absolute Gasteiger partial charge is 0.407 e. The summed E-state index contributed by atoms with van der Waals surface area (Å²) in [4.78, 5) is 12.7. The summed E-state index contributed by atoms with van der Waals surface area (Å²) in [6.07, 6.45) is 1.58. The maximum Gasteiger partial charge on any atom is 0.407 e. The lowest BCUT2D eigenvalue weighted by Gasteiger charge is -2.30. The van der Waals surface area contributed by atoms with E-state index in [2.05, 4.69) is 11.5 Å². The first kappa shape index (κ1) is 17.6. The molecule has 27 heavy (non-hydrogen) atoms. The third-order valence-electron chi connectivity index (χ3n) is 5.59. The lowest BCUT2D eigenvalue weighted by molar-refractivity contribution is 0.132. The average molecular weight is 366 g/mol. The maximum atomic E-state index is 14.1. The Morgan fingerprint density at radius 2 is 1.85 bits per heavy atom. The molecular weight excluding hydrogens is 343 g/mol. The van der Waals surface area contributed by atoms with Gasteiger partial charge in [-0.2, -0.15) is 0 Å². The molecule has 4 rings (SSSR count). The number of hydrogen-bond donors (Lipinski definition) is 1. The summed E-state index contributed by atoms with van der Waals surface area (Å²) in [6.45, 7) is 3.21. The van der Waals surface area contributed by atoms with Crippen LogP contribution in [0.2, 0.25) is 0 Å². The van der Waals surface area contributed by atoms with E-state index in [0.717, 1.165) is 35.9 Å². The van der Waals surface area contributed by atoms with Crippen molar-refractivity contribution in [1.82, 2.24) is 9.47 Å². The Hall–Kier alpha value is -2.82. The molecule has 2 aromatic carbocycles. The second-order valence-corrected chi connectivity index (χ2v) is 7.09. The Labute approximate surface area is 157 Å². The minimum Gasteiger partial charge on any atom is -0.465 e. The summed E-state index contributed by atoms with van der Waals surface area (Å²) in [6, 6.07) is 15.0. The lowest BCUT2D eigenvalue weighted by atomic mass is 9.87. The molecule has 2 heterocycles. The average Bonchev–Trinajstić information content (AvgIpc) is 3.02. The number of carbonyl (C=O) groups is 1. The Morgan fingerprint density at radius 3 is 2.48 bits per heavy atom. The molecule has 0 spiro atoms. The van der Waals surface area contributed by atoms with Crippen LogP contribution in [0.3, 0.4) is 0 Å². The zero-order valence-electron chi connectivity index (χ0n) is 15.4. The molecule has 1 aromatic heterocycles. The molecule has 0 atom stereocenters. The van der Waals surface area contributed by atoms with E-state index in [-0.39, 0.29) is 11.7 Å². The van der Waals surface area contributed by atoms with Crippen LogP contribution in [0, 0.1) is 5.82 Å². The molecule has 4 nitrogen and oxygen atoms in total. The van der Waals surface area contributed by atoms with Crippen LogP contribution in [0.4, 0.5) is 9.18 Å². The molecule has 5 heteroatoms. The van der Waals surface area contributed by atoms with Crippen LogP contribution in [-0.2, 0) is 6.42 Å². The number of para-hydroxylation sites is 1. The number of fused-ring (bicyclic) bond motifs is 1. The van der Waals surface area contributed by atoms with E-state index >= 15 is 0 Å². The second-order valence-electron chi connectivity index (χ2n) is 7.09. The van der Waals surface area contributed by atoms with E-state index in [1.807, 2.05) is 36.4 Å². The van der Waals surface area contributed by atoms with Gasteiger partial charge in [0.25, 0.3) is 0 Å². The highest BCUT2D eigenvalue weighted by Crippen LogP contribution is 2.39. The first-order valence-corrected chi connectivity index (χ1v) is 9.46. The third kappa shape index (κ3) is 3.07. The van der Waals surface area contributed by atoms with Crippen molar-refractivity contribution >= 4 is 17.0 Å². The second kappa shape index (κ2) is 7.06. The molecule has 1 fully saturated rings. The minimum absolute atomic E-state index is 0.243. The topological polar surface area (TPSA) is 45.5 Å². The van der Waals surface area contributed by atoms with Gasteiger partial charge in [-0.25, -0.2) is 9.18 Å². The Kier molecular flexibility index (Phi) is 4.60. The van der Waals surface area contributed by atoms with Crippen molar-refractivity contribution in [2.75, 3.05) is 13.1 Å². The fourth-order valence-electron chi connectivity index (χ4n) is 4.37. The first-order valence-electron chi connectivity index (χ1n) is 9.46.